The van der Waals surface area contributed by atoms with Gasteiger partial charge in [0.05, 0.1) is 6.04 Å². The summed E-state index contributed by atoms with van der Waals surface area (Å²) in [6, 6.07) is 14.1. The van der Waals surface area contributed by atoms with Gasteiger partial charge in [-0.3, -0.25) is 4.79 Å². The molecule has 0 aliphatic heterocycles. The maximum atomic E-state index is 11.5. The molecule has 0 heterocycles. The molecule has 0 amide bonds. The molecule has 2 heteroatoms. The fourth-order valence-corrected chi connectivity index (χ4v) is 2.00. The maximum absolute atomic E-state index is 11.5. The van der Waals surface area contributed by atoms with E-state index in [-0.39, 0.29) is 11.8 Å². The highest BCUT2D eigenvalue weighted by molar-refractivity contribution is 5.87. The molecule has 2 aromatic rings. The van der Waals surface area contributed by atoms with Crippen LogP contribution in [0.2, 0.25) is 0 Å². The van der Waals surface area contributed by atoms with E-state index in [1.54, 1.807) is 6.92 Å². The number of Topliss-reactive ketones (excluding diaryl/α,β-unsaturated/α-hetero) is 1. The smallest absolute Gasteiger partial charge is 0.149 e. The maximum Gasteiger partial charge on any atom is 0.149 e. The van der Waals surface area contributed by atoms with Gasteiger partial charge in [0.25, 0.3) is 0 Å². The third-order valence-corrected chi connectivity index (χ3v) is 3.03. The standard InChI is InChI=1S/C15H17NO/c1-11(16)15(17)10-9-13-7-4-6-12-5-2-3-8-14(12)13/h2-8,11H,9-10,16H2,1H3/t11-/m0/s1. The molecule has 0 radical (unpaired) electrons. The third kappa shape index (κ3) is 2.71. The summed E-state index contributed by atoms with van der Waals surface area (Å²) in [5.74, 6) is 0.123. The topological polar surface area (TPSA) is 43.1 Å². The van der Waals surface area contributed by atoms with Crippen LogP contribution in [0.3, 0.4) is 0 Å². The molecule has 0 aliphatic rings. The molecule has 0 saturated carbocycles. The van der Waals surface area contributed by atoms with Crippen molar-refractivity contribution in [3.05, 3.63) is 48.0 Å². The molecule has 0 aliphatic carbocycles. The van der Waals surface area contributed by atoms with E-state index >= 15 is 0 Å². The summed E-state index contributed by atoms with van der Waals surface area (Å²) in [5, 5.41) is 2.45. The average Bonchev–Trinajstić information content (AvgIpc) is 2.35. The molecule has 0 fully saturated rings. The van der Waals surface area contributed by atoms with Gasteiger partial charge in [-0.2, -0.15) is 0 Å². The normalized spacial score (nSPS) is 12.6. The van der Waals surface area contributed by atoms with Crippen molar-refractivity contribution in [1.29, 1.82) is 0 Å². The number of hydrogen-bond acceptors (Lipinski definition) is 2. The molecule has 0 aromatic heterocycles. The molecule has 2 rings (SSSR count). The average molecular weight is 227 g/mol. The molecule has 0 unspecified atom stereocenters. The van der Waals surface area contributed by atoms with Gasteiger partial charge in [0, 0.05) is 6.42 Å². The molecular formula is C15H17NO. The lowest BCUT2D eigenvalue weighted by Gasteiger charge is -2.07. The third-order valence-electron chi connectivity index (χ3n) is 3.03. The van der Waals surface area contributed by atoms with Crippen molar-refractivity contribution in [2.24, 2.45) is 5.73 Å². The summed E-state index contributed by atoms with van der Waals surface area (Å²) in [5.41, 5.74) is 6.78. The summed E-state index contributed by atoms with van der Waals surface area (Å²) in [6.45, 7) is 1.74. The first-order valence-electron chi connectivity index (χ1n) is 5.93. The van der Waals surface area contributed by atoms with Crippen molar-refractivity contribution in [3.8, 4) is 0 Å². The molecule has 0 spiro atoms. The van der Waals surface area contributed by atoms with Gasteiger partial charge in [0.15, 0.2) is 0 Å². The lowest BCUT2D eigenvalue weighted by Crippen LogP contribution is -2.26. The molecule has 0 bridgehead atoms. The number of carbonyl (C=O) groups excluding carboxylic acids is 1. The first-order chi connectivity index (χ1) is 8.18. The van der Waals surface area contributed by atoms with Crippen molar-refractivity contribution in [2.45, 2.75) is 25.8 Å². The fraction of sp³-hybridized carbons (Fsp3) is 0.267. The zero-order valence-corrected chi connectivity index (χ0v) is 10.0. The zero-order chi connectivity index (χ0) is 12.3. The SMILES string of the molecule is C[C@H](N)C(=O)CCc1cccc2ccccc12. The van der Waals surface area contributed by atoms with E-state index in [0.29, 0.717) is 6.42 Å². The van der Waals surface area contributed by atoms with Gasteiger partial charge in [-0.1, -0.05) is 42.5 Å². The minimum absolute atomic E-state index is 0.123. The van der Waals surface area contributed by atoms with Crippen LogP contribution in [-0.4, -0.2) is 11.8 Å². The first-order valence-corrected chi connectivity index (χ1v) is 5.93. The Kier molecular flexibility index (Phi) is 3.55. The molecule has 88 valence electrons. The van der Waals surface area contributed by atoms with E-state index in [0.717, 1.165) is 6.42 Å². The van der Waals surface area contributed by atoms with E-state index < -0.39 is 0 Å². The van der Waals surface area contributed by atoms with Crippen LogP contribution in [0.5, 0.6) is 0 Å². The van der Waals surface area contributed by atoms with Crippen LogP contribution in [0.15, 0.2) is 42.5 Å². The summed E-state index contributed by atoms with van der Waals surface area (Å²) in [7, 11) is 0. The van der Waals surface area contributed by atoms with E-state index in [2.05, 4.69) is 24.3 Å². The quantitative estimate of drug-likeness (QED) is 0.872. The molecule has 2 aromatic carbocycles. The number of ketones is 1. The Bertz CT molecular complexity index is 526. The second kappa shape index (κ2) is 5.11. The molecule has 2 N–H and O–H groups in total. The van der Waals surface area contributed by atoms with Crippen molar-refractivity contribution < 1.29 is 4.79 Å². The molecular weight excluding hydrogens is 210 g/mol. The van der Waals surface area contributed by atoms with Gasteiger partial charge in [0.2, 0.25) is 0 Å². The lowest BCUT2D eigenvalue weighted by molar-refractivity contribution is -0.119. The second-order valence-electron chi connectivity index (χ2n) is 4.39. The van der Waals surface area contributed by atoms with Gasteiger partial charge < -0.3 is 5.73 Å². The van der Waals surface area contributed by atoms with E-state index in [1.807, 2.05) is 18.2 Å². The van der Waals surface area contributed by atoms with Crippen LogP contribution in [0, 0.1) is 0 Å². The number of benzene rings is 2. The van der Waals surface area contributed by atoms with Gasteiger partial charge in [0.1, 0.15) is 5.78 Å². The lowest BCUT2D eigenvalue weighted by atomic mass is 9.99. The van der Waals surface area contributed by atoms with E-state index in [4.69, 9.17) is 5.73 Å². The Morgan fingerprint density at radius 2 is 1.88 bits per heavy atom. The molecule has 0 saturated heterocycles. The van der Waals surface area contributed by atoms with Gasteiger partial charge >= 0.3 is 0 Å². The minimum Gasteiger partial charge on any atom is -0.322 e. The Hall–Kier alpha value is -1.67. The predicted molar refractivity (Wildman–Crippen MR) is 70.9 cm³/mol. The van der Waals surface area contributed by atoms with Gasteiger partial charge in [-0.25, -0.2) is 0 Å². The van der Waals surface area contributed by atoms with Crippen molar-refractivity contribution in [3.63, 3.8) is 0 Å². The molecule has 2 nitrogen and oxygen atoms in total. The Balaban J connectivity index is 2.21. The molecule has 1 atom stereocenters. The van der Waals surface area contributed by atoms with Crippen molar-refractivity contribution >= 4 is 16.6 Å². The first kappa shape index (κ1) is 11.8. The van der Waals surface area contributed by atoms with Gasteiger partial charge in [-0.05, 0) is 29.7 Å². The van der Waals surface area contributed by atoms with Crippen molar-refractivity contribution in [2.75, 3.05) is 0 Å². The van der Waals surface area contributed by atoms with Crippen molar-refractivity contribution in [1.82, 2.24) is 0 Å². The number of hydrogen-bond donors (Lipinski definition) is 1. The Morgan fingerprint density at radius 1 is 1.18 bits per heavy atom. The number of rotatable bonds is 4. The summed E-state index contributed by atoms with van der Waals surface area (Å²) >= 11 is 0. The monoisotopic (exact) mass is 227 g/mol. The zero-order valence-electron chi connectivity index (χ0n) is 10.0. The van der Waals surface area contributed by atoms with Crippen LogP contribution in [0.4, 0.5) is 0 Å². The van der Waals surface area contributed by atoms with E-state index in [9.17, 15) is 4.79 Å². The number of carbonyl (C=O) groups is 1. The number of aryl methyl sites for hydroxylation is 1. The Labute approximate surface area is 101 Å². The van der Waals surface area contributed by atoms with Crippen LogP contribution in [0.25, 0.3) is 10.8 Å². The summed E-state index contributed by atoms with van der Waals surface area (Å²) < 4.78 is 0. The second-order valence-corrected chi connectivity index (χ2v) is 4.39. The summed E-state index contributed by atoms with van der Waals surface area (Å²) in [6.07, 6.45) is 1.29. The fourth-order valence-electron chi connectivity index (χ4n) is 2.00. The van der Waals surface area contributed by atoms with Gasteiger partial charge in [-0.15, -0.1) is 0 Å². The number of nitrogens with two attached hydrogens (primary N) is 1. The highest BCUT2D eigenvalue weighted by Gasteiger charge is 2.08. The van der Waals surface area contributed by atoms with Crippen LogP contribution in [-0.2, 0) is 11.2 Å². The minimum atomic E-state index is -0.357. The van der Waals surface area contributed by atoms with Crippen LogP contribution >= 0.6 is 0 Å². The molecule has 17 heavy (non-hydrogen) atoms. The highest BCUT2D eigenvalue weighted by Crippen LogP contribution is 2.19. The predicted octanol–water partition coefficient (Wildman–Crippen LogP) is 2.69. The largest absolute Gasteiger partial charge is 0.322 e. The Morgan fingerprint density at radius 3 is 2.65 bits per heavy atom. The number of fused-ring (bicyclic) bond motifs is 1. The van der Waals surface area contributed by atoms with Crippen LogP contribution < -0.4 is 5.73 Å². The van der Waals surface area contributed by atoms with Crippen LogP contribution in [0.1, 0.15) is 18.9 Å². The summed E-state index contributed by atoms with van der Waals surface area (Å²) in [4.78, 5) is 11.5. The highest BCUT2D eigenvalue weighted by atomic mass is 16.1. The van der Waals surface area contributed by atoms with E-state index in [1.165, 1.54) is 16.3 Å².